The normalized spacial score (nSPS) is 14.7. The molecule has 0 spiro atoms. The van der Waals surface area contributed by atoms with Crippen LogP contribution in [0.25, 0.3) is 0 Å². The second-order valence-corrected chi connectivity index (χ2v) is 4.50. The van der Waals surface area contributed by atoms with E-state index in [0.29, 0.717) is 0 Å². The van der Waals surface area contributed by atoms with Gasteiger partial charge in [0.25, 0.3) is 0 Å². The van der Waals surface area contributed by atoms with Gasteiger partial charge in [-0.15, -0.1) is 13.2 Å². The summed E-state index contributed by atoms with van der Waals surface area (Å²) in [5.74, 6) is -0.881. The largest absolute Gasteiger partial charge is 0.481 e. The van der Waals surface area contributed by atoms with Crippen LogP contribution in [0.4, 0.5) is 0 Å². The van der Waals surface area contributed by atoms with Crippen molar-refractivity contribution in [3.05, 3.63) is 24.8 Å². The molecule has 0 aliphatic rings. The molecule has 0 aliphatic heterocycles. The number of hydrogen-bond donors (Lipinski definition) is 1. The summed E-state index contributed by atoms with van der Waals surface area (Å²) < 4.78 is 0. The maximum Gasteiger partial charge on any atom is 0.307 e. The van der Waals surface area contributed by atoms with E-state index >= 15 is 0 Å². The van der Waals surface area contributed by atoms with Crippen LogP contribution in [-0.4, -0.2) is 11.1 Å². The molecule has 0 aliphatic carbocycles. The Balaban J connectivity index is 4.52. The van der Waals surface area contributed by atoms with Crippen LogP contribution in [0.15, 0.2) is 24.8 Å². The number of carboxylic acids is 1. The summed E-state index contributed by atoms with van der Waals surface area (Å²) in [6.07, 6.45) is 3.46. The summed E-state index contributed by atoms with van der Waals surface area (Å²) in [6.45, 7) is 13.4. The Morgan fingerprint density at radius 2 is 2.00 bits per heavy atom. The van der Waals surface area contributed by atoms with Crippen molar-refractivity contribution in [2.75, 3.05) is 0 Å². The van der Waals surface area contributed by atoms with Gasteiger partial charge in [0.05, 0.1) is 5.92 Å². The predicted molar refractivity (Wildman–Crippen MR) is 63.7 cm³/mol. The molecular formula is C13H22O2. The summed E-state index contributed by atoms with van der Waals surface area (Å²) >= 11 is 0. The highest BCUT2D eigenvalue weighted by atomic mass is 16.4. The van der Waals surface area contributed by atoms with E-state index in [0.717, 1.165) is 18.4 Å². The van der Waals surface area contributed by atoms with E-state index in [1.807, 2.05) is 20.8 Å². The van der Waals surface area contributed by atoms with Crippen LogP contribution in [0.1, 0.15) is 33.6 Å². The number of carboxylic acid groups (broad SMARTS) is 1. The molecule has 2 unspecified atom stereocenters. The van der Waals surface area contributed by atoms with E-state index in [4.69, 9.17) is 5.11 Å². The molecule has 15 heavy (non-hydrogen) atoms. The van der Waals surface area contributed by atoms with Gasteiger partial charge in [0.15, 0.2) is 0 Å². The van der Waals surface area contributed by atoms with Gasteiger partial charge in [-0.25, -0.2) is 0 Å². The van der Waals surface area contributed by atoms with E-state index in [9.17, 15) is 4.79 Å². The maximum absolute atomic E-state index is 11.1. The maximum atomic E-state index is 11.1. The lowest BCUT2D eigenvalue weighted by Crippen LogP contribution is -2.27. The lowest BCUT2D eigenvalue weighted by molar-refractivity contribution is -0.144. The van der Waals surface area contributed by atoms with E-state index in [1.165, 1.54) is 0 Å². The molecule has 0 saturated carbocycles. The molecule has 0 radical (unpaired) electrons. The molecule has 2 nitrogen and oxygen atoms in total. The van der Waals surface area contributed by atoms with E-state index in [1.54, 1.807) is 6.08 Å². The fourth-order valence-electron chi connectivity index (χ4n) is 1.82. The molecule has 0 heterocycles. The van der Waals surface area contributed by atoms with Gasteiger partial charge in [-0.05, 0) is 31.6 Å². The molecule has 0 fully saturated rings. The Morgan fingerprint density at radius 1 is 1.47 bits per heavy atom. The SMILES string of the molecule is C=CC(CCC(=C)C)C(C(=O)O)C(C)C. The number of rotatable bonds is 7. The average molecular weight is 210 g/mol. The van der Waals surface area contributed by atoms with Crippen molar-refractivity contribution in [3.63, 3.8) is 0 Å². The van der Waals surface area contributed by atoms with Crippen molar-refractivity contribution in [2.24, 2.45) is 17.8 Å². The third-order valence-corrected chi connectivity index (χ3v) is 2.67. The van der Waals surface area contributed by atoms with Gasteiger partial charge in [-0.3, -0.25) is 4.79 Å². The molecule has 0 aromatic rings. The molecule has 0 rings (SSSR count). The second kappa shape index (κ2) is 6.44. The van der Waals surface area contributed by atoms with Crippen molar-refractivity contribution in [3.8, 4) is 0 Å². The van der Waals surface area contributed by atoms with Crippen molar-refractivity contribution in [1.82, 2.24) is 0 Å². The summed E-state index contributed by atoms with van der Waals surface area (Å²) in [6, 6.07) is 0. The first-order valence-electron chi connectivity index (χ1n) is 5.39. The Bertz CT molecular complexity index is 241. The Hall–Kier alpha value is -1.05. The molecule has 2 heteroatoms. The number of hydrogen-bond acceptors (Lipinski definition) is 1. The van der Waals surface area contributed by atoms with Gasteiger partial charge in [0.1, 0.15) is 0 Å². The zero-order valence-corrected chi connectivity index (χ0v) is 9.99. The molecule has 1 N–H and O–H groups in total. The Morgan fingerprint density at radius 3 is 2.27 bits per heavy atom. The monoisotopic (exact) mass is 210 g/mol. The third kappa shape index (κ3) is 4.82. The molecule has 0 bridgehead atoms. The van der Waals surface area contributed by atoms with Crippen molar-refractivity contribution >= 4 is 5.97 Å². The molecular weight excluding hydrogens is 188 g/mol. The van der Waals surface area contributed by atoms with Gasteiger partial charge in [0, 0.05) is 0 Å². The van der Waals surface area contributed by atoms with Crippen LogP contribution in [0.2, 0.25) is 0 Å². The van der Waals surface area contributed by atoms with Crippen LogP contribution >= 0.6 is 0 Å². The highest BCUT2D eigenvalue weighted by Crippen LogP contribution is 2.27. The van der Waals surface area contributed by atoms with Crippen LogP contribution in [-0.2, 0) is 4.79 Å². The minimum atomic E-state index is -0.725. The molecule has 86 valence electrons. The molecule has 0 aromatic carbocycles. The van der Waals surface area contributed by atoms with Crippen LogP contribution in [0.3, 0.4) is 0 Å². The van der Waals surface area contributed by atoms with Gasteiger partial charge in [0.2, 0.25) is 0 Å². The topological polar surface area (TPSA) is 37.3 Å². The summed E-state index contributed by atoms with van der Waals surface area (Å²) in [7, 11) is 0. The highest BCUT2D eigenvalue weighted by molar-refractivity contribution is 5.71. The van der Waals surface area contributed by atoms with Crippen LogP contribution < -0.4 is 0 Å². The van der Waals surface area contributed by atoms with E-state index in [-0.39, 0.29) is 17.8 Å². The van der Waals surface area contributed by atoms with Gasteiger partial charge in [-0.2, -0.15) is 0 Å². The smallest absolute Gasteiger partial charge is 0.307 e. The molecule has 0 amide bonds. The number of allylic oxidation sites excluding steroid dienone is 2. The molecule has 2 atom stereocenters. The second-order valence-electron chi connectivity index (χ2n) is 4.50. The quantitative estimate of drug-likeness (QED) is 0.653. The number of carbonyl (C=O) groups is 1. The molecule has 0 saturated heterocycles. The zero-order valence-electron chi connectivity index (χ0n) is 9.99. The van der Waals surface area contributed by atoms with Crippen molar-refractivity contribution < 1.29 is 9.90 Å². The van der Waals surface area contributed by atoms with Crippen LogP contribution in [0.5, 0.6) is 0 Å². The van der Waals surface area contributed by atoms with Gasteiger partial charge in [-0.1, -0.05) is 25.5 Å². The predicted octanol–water partition coefficient (Wildman–Crippen LogP) is 3.50. The van der Waals surface area contributed by atoms with Gasteiger partial charge >= 0.3 is 5.97 Å². The summed E-state index contributed by atoms with van der Waals surface area (Å²) in [4.78, 5) is 11.1. The van der Waals surface area contributed by atoms with Crippen molar-refractivity contribution in [2.45, 2.75) is 33.6 Å². The first kappa shape index (κ1) is 13.9. The minimum absolute atomic E-state index is 0.0409. The standard InChI is InChI=1S/C13H22O2/c1-6-11(8-7-9(2)3)12(10(4)5)13(14)15/h6,10-12H,1-2,7-8H2,3-5H3,(H,14,15). The zero-order chi connectivity index (χ0) is 12.0. The van der Waals surface area contributed by atoms with Crippen molar-refractivity contribution in [1.29, 1.82) is 0 Å². The fraction of sp³-hybridized carbons (Fsp3) is 0.615. The lowest BCUT2D eigenvalue weighted by atomic mass is 9.80. The lowest BCUT2D eigenvalue weighted by Gasteiger charge is -2.24. The first-order valence-corrected chi connectivity index (χ1v) is 5.39. The van der Waals surface area contributed by atoms with Crippen LogP contribution in [0, 0.1) is 17.8 Å². The number of aliphatic carboxylic acids is 1. The Labute approximate surface area is 92.7 Å². The summed E-state index contributed by atoms with van der Waals surface area (Å²) in [5.41, 5.74) is 1.09. The Kier molecular flexibility index (Phi) is 5.99. The van der Waals surface area contributed by atoms with E-state index < -0.39 is 5.97 Å². The highest BCUT2D eigenvalue weighted by Gasteiger charge is 2.28. The average Bonchev–Trinajstić information content (AvgIpc) is 2.09. The summed E-state index contributed by atoms with van der Waals surface area (Å²) in [5, 5.41) is 9.14. The molecule has 0 aromatic heterocycles. The van der Waals surface area contributed by atoms with E-state index in [2.05, 4.69) is 13.2 Å². The minimum Gasteiger partial charge on any atom is -0.481 e. The van der Waals surface area contributed by atoms with Gasteiger partial charge < -0.3 is 5.11 Å². The fourth-order valence-corrected chi connectivity index (χ4v) is 1.82. The first-order chi connectivity index (χ1) is 6.90. The third-order valence-electron chi connectivity index (χ3n) is 2.67.